The fourth-order valence-electron chi connectivity index (χ4n) is 3.16. The third-order valence-corrected chi connectivity index (χ3v) is 4.46. The predicted molar refractivity (Wildman–Crippen MR) is 70.4 cm³/mol. The van der Waals surface area contributed by atoms with E-state index in [0.29, 0.717) is 13.0 Å². The first-order chi connectivity index (χ1) is 9.16. The number of ether oxygens (including phenoxy) is 2. The second kappa shape index (κ2) is 6.22. The van der Waals surface area contributed by atoms with Crippen molar-refractivity contribution in [2.75, 3.05) is 13.2 Å². The zero-order valence-electron chi connectivity index (χ0n) is 11.4. The maximum Gasteiger partial charge on any atom is 0.330 e. The van der Waals surface area contributed by atoms with Crippen LogP contribution in [-0.4, -0.2) is 25.2 Å². The molecule has 0 spiro atoms. The van der Waals surface area contributed by atoms with Gasteiger partial charge in [-0.3, -0.25) is 4.79 Å². The van der Waals surface area contributed by atoms with Gasteiger partial charge in [0.1, 0.15) is 0 Å². The summed E-state index contributed by atoms with van der Waals surface area (Å²) in [6.07, 6.45) is 8.16. The first-order valence-electron chi connectivity index (χ1n) is 7.13. The molecule has 0 heterocycles. The molecule has 19 heavy (non-hydrogen) atoms. The number of carbonyl (C=O) groups excluding carboxylic acids is 2. The zero-order valence-corrected chi connectivity index (χ0v) is 11.4. The lowest BCUT2D eigenvalue weighted by molar-refractivity contribution is -0.163. The molecule has 2 bridgehead atoms. The Morgan fingerprint density at radius 1 is 1.11 bits per heavy atom. The van der Waals surface area contributed by atoms with Gasteiger partial charge in [-0.2, -0.15) is 0 Å². The minimum absolute atomic E-state index is 0.0410. The van der Waals surface area contributed by atoms with Gasteiger partial charge < -0.3 is 9.47 Å². The molecule has 0 aromatic carbocycles. The van der Waals surface area contributed by atoms with Crippen LogP contribution >= 0.6 is 0 Å². The summed E-state index contributed by atoms with van der Waals surface area (Å²) >= 11 is 0. The first-order valence-corrected chi connectivity index (χ1v) is 7.13. The minimum atomic E-state index is -0.435. The molecule has 0 aromatic heterocycles. The smallest absolute Gasteiger partial charge is 0.330 e. The van der Waals surface area contributed by atoms with Crippen LogP contribution in [0, 0.1) is 11.3 Å². The molecule has 0 radical (unpaired) electrons. The Morgan fingerprint density at radius 2 is 1.68 bits per heavy atom. The van der Waals surface area contributed by atoms with Crippen LogP contribution in [0.1, 0.15) is 44.9 Å². The van der Waals surface area contributed by atoms with Gasteiger partial charge in [0, 0.05) is 12.5 Å². The number of carbonyl (C=O) groups is 2. The molecule has 0 N–H and O–H groups in total. The highest BCUT2D eigenvalue weighted by Crippen LogP contribution is 2.50. The average Bonchev–Trinajstić information content (AvgIpc) is 2.48. The molecular formula is C15H22O4. The van der Waals surface area contributed by atoms with Crippen molar-refractivity contribution in [2.45, 2.75) is 44.9 Å². The van der Waals surface area contributed by atoms with E-state index < -0.39 is 5.97 Å². The Bertz CT molecular complexity index is 339. The van der Waals surface area contributed by atoms with Crippen molar-refractivity contribution in [3.8, 4) is 0 Å². The highest BCUT2D eigenvalue weighted by molar-refractivity contribution is 5.81. The summed E-state index contributed by atoms with van der Waals surface area (Å²) in [6, 6.07) is 0. The molecule has 3 saturated carbocycles. The van der Waals surface area contributed by atoms with Gasteiger partial charge in [0.05, 0.1) is 18.6 Å². The van der Waals surface area contributed by atoms with Crippen molar-refractivity contribution in [3.63, 3.8) is 0 Å². The second-order valence-corrected chi connectivity index (χ2v) is 5.62. The van der Waals surface area contributed by atoms with E-state index in [1.807, 2.05) is 0 Å². The Kier molecular flexibility index (Phi) is 4.61. The van der Waals surface area contributed by atoms with Crippen molar-refractivity contribution in [3.05, 3.63) is 12.7 Å². The van der Waals surface area contributed by atoms with Gasteiger partial charge >= 0.3 is 11.9 Å². The van der Waals surface area contributed by atoms with Crippen molar-refractivity contribution < 1.29 is 19.1 Å². The molecule has 3 fully saturated rings. The van der Waals surface area contributed by atoms with Gasteiger partial charge in [0.25, 0.3) is 0 Å². The van der Waals surface area contributed by atoms with E-state index in [2.05, 4.69) is 6.58 Å². The van der Waals surface area contributed by atoms with Crippen molar-refractivity contribution in [2.24, 2.45) is 11.3 Å². The number of rotatable bonds is 6. The molecular weight excluding hydrogens is 244 g/mol. The summed E-state index contributed by atoms with van der Waals surface area (Å²) in [5.41, 5.74) is -0.202. The van der Waals surface area contributed by atoms with Crippen LogP contribution in [0.2, 0.25) is 0 Å². The maximum atomic E-state index is 12.2. The third kappa shape index (κ3) is 3.37. The van der Waals surface area contributed by atoms with Crippen molar-refractivity contribution in [1.82, 2.24) is 0 Å². The standard InChI is InChI=1S/C15H22O4/c1-2-13(16)18-10-3-11-19-14(17)15-7-4-12(5-8-15)6-9-15/h2,12H,1,3-11H2. The number of hydrogen-bond acceptors (Lipinski definition) is 4. The van der Waals surface area contributed by atoms with E-state index in [9.17, 15) is 9.59 Å². The molecule has 0 amide bonds. The van der Waals surface area contributed by atoms with Crippen LogP contribution < -0.4 is 0 Å². The summed E-state index contributed by atoms with van der Waals surface area (Å²) in [4.78, 5) is 23.0. The fourth-order valence-corrected chi connectivity index (χ4v) is 3.16. The summed E-state index contributed by atoms with van der Waals surface area (Å²) in [6.45, 7) is 3.91. The van der Waals surface area contributed by atoms with Gasteiger partial charge in [0.15, 0.2) is 0 Å². The largest absolute Gasteiger partial charge is 0.465 e. The molecule has 4 heteroatoms. The van der Waals surface area contributed by atoms with Gasteiger partial charge in [0.2, 0.25) is 0 Å². The fraction of sp³-hybridized carbons (Fsp3) is 0.733. The van der Waals surface area contributed by atoms with Crippen molar-refractivity contribution >= 4 is 11.9 Å². The summed E-state index contributed by atoms with van der Waals surface area (Å²) in [5, 5.41) is 0. The van der Waals surface area contributed by atoms with Crippen LogP contribution in [0.5, 0.6) is 0 Å². The second-order valence-electron chi connectivity index (χ2n) is 5.62. The van der Waals surface area contributed by atoms with Crippen LogP contribution in [-0.2, 0) is 19.1 Å². The topological polar surface area (TPSA) is 52.6 Å². The summed E-state index contributed by atoms with van der Waals surface area (Å²) in [7, 11) is 0. The Labute approximate surface area is 114 Å². The molecule has 0 unspecified atom stereocenters. The monoisotopic (exact) mass is 266 g/mol. The van der Waals surface area contributed by atoms with E-state index >= 15 is 0 Å². The quantitative estimate of drug-likeness (QED) is 0.421. The van der Waals surface area contributed by atoms with E-state index in [0.717, 1.165) is 31.3 Å². The van der Waals surface area contributed by atoms with Gasteiger partial charge in [-0.1, -0.05) is 6.58 Å². The number of hydrogen-bond donors (Lipinski definition) is 0. The summed E-state index contributed by atoms with van der Waals surface area (Å²) < 4.78 is 10.2. The molecule has 106 valence electrons. The SMILES string of the molecule is C=CC(=O)OCCCOC(=O)C12CCC(CC1)CC2. The van der Waals surface area contributed by atoms with Crippen LogP contribution in [0.15, 0.2) is 12.7 Å². The number of esters is 2. The lowest BCUT2D eigenvalue weighted by Gasteiger charge is -2.44. The van der Waals surface area contributed by atoms with Gasteiger partial charge in [-0.05, 0) is 44.4 Å². The molecule has 4 nitrogen and oxygen atoms in total. The van der Waals surface area contributed by atoms with Crippen LogP contribution in [0.3, 0.4) is 0 Å². The highest BCUT2D eigenvalue weighted by atomic mass is 16.5. The normalized spacial score (nSPS) is 28.7. The zero-order chi connectivity index (χ0) is 13.7. The molecule has 3 rings (SSSR count). The maximum absolute atomic E-state index is 12.2. The molecule has 0 atom stereocenters. The lowest BCUT2D eigenvalue weighted by Crippen LogP contribution is -2.41. The summed E-state index contributed by atoms with van der Waals surface area (Å²) in [5.74, 6) is 0.365. The average molecular weight is 266 g/mol. The molecule has 3 aliphatic rings. The van der Waals surface area contributed by atoms with Crippen LogP contribution in [0.25, 0.3) is 0 Å². The molecule has 0 saturated heterocycles. The molecule has 3 aliphatic carbocycles. The van der Waals surface area contributed by atoms with Crippen molar-refractivity contribution in [1.29, 1.82) is 0 Å². The van der Waals surface area contributed by atoms with E-state index in [-0.39, 0.29) is 18.0 Å². The van der Waals surface area contributed by atoms with Crippen LogP contribution in [0.4, 0.5) is 0 Å². The van der Waals surface area contributed by atoms with E-state index in [1.54, 1.807) is 0 Å². The Hall–Kier alpha value is -1.32. The number of fused-ring (bicyclic) bond motifs is 3. The van der Waals surface area contributed by atoms with E-state index in [1.165, 1.54) is 19.3 Å². The first kappa shape index (κ1) is 14.1. The Morgan fingerprint density at radius 3 is 2.26 bits per heavy atom. The lowest BCUT2D eigenvalue weighted by atomic mass is 9.61. The third-order valence-electron chi connectivity index (χ3n) is 4.46. The van der Waals surface area contributed by atoms with E-state index in [4.69, 9.17) is 9.47 Å². The van der Waals surface area contributed by atoms with Gasteiger partial charge in [-0.25, -0.2) is 4.79 Å². The Balaban J connectivity index is 1.67. The minimum Gasteiger partial charge on any atom is -0.465 e. The highest BCUT2D eigenvalue weighted by Gasteiger charge is 2.46. The molecule has 0 aromatic rings. The predicted octanol–water partition coefficient (Wildman–Crippen LogP) is 2.62. The van der Waals surface area contributed by atoms with Gasteiger partial charge in [-0.15, -0.1) is 0 Å². The molecule has 0 aliphatic heterocycles.